The highest BCUT2D eigenvalue weighted by Crippen LogP contribution is 2.09. The fourth-order valence-electron chi connectivity index (χ4n) is 1.45. The monoisotopic (exact) mass is 233 g/mol. The fraction of sp³-hybridized carbons (Fsp3) is 0.400. The van der Waals surface area contributed by atoms with Crippen LogP contribution in [0.2, 0.25) is 0 Å². The van der Waals surface area contributed by atoms with Gasteiger partial charge in [-0.05, 0) is 11.7 Å². The van der Waals surface area contributed by atoms with Gasteiger partial charge in [0.1, 0.15) is 7.85 Å². The second-order valence-electron chi connectivity index (χ2n) is 3.52. The van der Waals surface area contributed by atoms with Crippen molar-refractivity contribution in [1.29, 1.82) is 0 Å². The normalized spacial score (nSPS) is 16.9. The van der Waals surface area contributed by atoms with E-state index in [4.69, 9.17) is 7.85 Å². The number of hydrogen-bond donors (Lipinski definition) is 1. The fourth-order valence-corrected chi connectivity index (χ4v) is 2.30. The minimum atomic E-state index is 0.0173. The van der Waals surface area contributed by atoms with Gasteiger partial charge in [0.15, 0.2) is 0 Å². The molecular weight excluding hydrogens is 221 g/mol. The van der Waals surface area contributed by atoms with Gasteiger partial charge in [-0.15, -0.1) is 11.8 Å². The highest BCUT2D eigenvalue weighted by Gasteiger charge is 2.17. The van der Waals surface area contributed by atoms with Crippen LogP contribution in [0, 0.1) is 0 Å². The van der Waals surface area contributed by atoms with Gasteiger partial charge < -0.3 is 10.2 Å². The van der Waals surface area contributed by atoms with E-state index < -0.39 is 0 Å². The molecule has 82 valence electrons. The zero-order valence-corrected chi connectivity index (χ0v) is 9.67. The quantitative estimate of drug-likeness (QED) is 0.668. The summed E-state index contributed by atoms with van der Waals surface area (Å²) in [5.41, 5.74) is 1.03. The summed E-state index contributed by atoms with van der Waals surface area (Å²) in [7, 11) is 5.48. The van der Waals surface area contributed by atoms with Crippen LogP contribution in [-0.2, 0) is 0 Å². The van der Waals surface area contributed by atoms with Crippen LogP contribution >= 0.6 is 11.8 Å². The van der Waals surface area contributed by atoms with Crippen molar-refractivity contribution in [3.8, 4) is 0 Å². The Balaban J connectivity index is 2.08. The maximum Gasteiger partial charge on any atom is 0.256 e. The summed E-state index contributed by atoms with van der Waals surface area (Å²) in [6, 6.07) is 3.37. The predicted molar refractivity (Wildman–Crippen MR) is 66.0 cm³/mol. The van der Waals surface area contributed by atoms with E-state index in [-0.39, 0.29) is 5.91 Å². The molecule has 16 heavy (non-hydrogen) atoms. The van der Waals surface area contributed by atoms with Crippen molar-refractivity contribution < 1.29 is 4.79 Å². The molecule has 1 aromatic heterocycles. The lowest BCUT2D eigenvalue weighted by molar-refractivity contribution is 0.0790. The Bertz CT molecular complexity index is 363. The molecular formula is C10H12BN3OS. The van der Waals surface area contributed by atoms with Crippen molar-refractivity contribution in [2.75, 3.05) is 24.8 Å². The second kappa shape index (κ2) is 5.36. The summed E-state index contributed by atoms with van der Waals surface area (Å²) >= 11 is 1.70. The molecule has 0 unspecified atom stereocenters. The molecule has 0 spiro atoms. The minimum absolute atomic E-state index is 0.0173. The summed E-state index contributed by atoms with van der Waals surface area (Å²) in [4.78, 5) is 17.8. The third-order valence-corrected chi connectivity index (χ3v) is 3.23. The van der Waals surface area contributed by atoms with E-state index in [9.17, 15) is 4.79 Å². The van der Waals surface area contributed by atoms with E-state index in [0.29, 0.717) is 11.2 Å². The molecule has 1 amide bonds. The first kappa shape index (κ1) is 11.5. The van der Waals surface area contributed by atoms with Crippen molar-refractivity contribution in [1.82, 2.24) is 15.2 Å². The lowest BCUT2D eigenvalue weighted by Crippen LogP contribution is -2.34. The number of pyridine rings is 1. The van der Waals surface area contributed by atoms with Crippen LogP contribution in [0.3, 0.4) is 0 Å². The molecule has 6 heteroatoms. The topological polar surface area (TPSA) is 45.2 Å². The summed E-state index contributed by atoms with van der Waals surface area (Å²) in [6.07, 6.45) is 1.53. The molecule has 0 bridgehead atoms. The summed E-state index contributed by atoms with van der Waals surface area (Å²) < 4.78 is 0. The van der Waals surface area contributed by atoms with Crippen molar-refractivity contribution in [3.63, 3.8) is 0 Å². The molecule has 1 fully saturated rings. The number of nitrogens with one attached hydrogen (secondary N) is 1. The van der Waals surface area contributed by atoms with Gasteiger partial charge in [-0.2, -0.15) is 0 Å². The lowest BCUT2D eigenvalue weighted by Gasteiger charge is -2.19. The van der Waals surface area contributed by atoms with Crippen LogP contribution in [0.5, 0.6) is 0 Å². The van der Waals surface area contributed by atoms with Gasteiger partial charge in [0.25, 0.3) is 5.91 Å². The number of aromatic nitrogens is 1. The van der Waals surface area contributed by atoms with Crippen molar-refractivity contribution in [3.05, 3.63) is 23.9 Å². The number of carbonyl (C=O) groups is 1. The number of carbonyl (C=O) groups excluding carboxylic acids is 1. The van der Waals surface area contributed by atoms with E-state index in [0.717, 1.165) is 24.8 Å². The van der Waals surface area contributed by atoms with E-state index in [1.807, 2.05) is 4.90 Å². The zero-order valence-electron chi connectivity index (χ0n) is 8.85. The van der Waals surface area contributed by atoms with Gasteiger partial charge in [-0.1, -0.05) is 6.07 Å². The Kier molecular flexibility index (Phi) is 3.85. The molecule has 1 N–H and O–H groups in total. The summed E-state index contributed by atoms with van der Waals surface area (Å²) in [5, 5.41) is 3.23. The molecule has 1 aliphatic rings. The largest absolute Gasteiger partial charge is 0.328 e. The molecule has 2 rings (SSSR count). The van der Waals surface area contributed by atoms with E-state index >= 15 is 0 Å². The summed E-state index contributed by atoms with van der Waals surface area (Å²) in [6.45, 7) is 1.57. The maximum absolute atomic E-state index is 12.1. The van der Waals surface area contributed by atoms with Crippen LogP contribution in [0.15, 0.2) is 18.3 Å². The number of nitrogens with zero attached hydrogens (tertiary/aromatic N) is 2. The highest BCUT2D eigenvalue weighted by molar-refractivity contribution is 7.99. The second-order valence-corrected chi connectivity index (χ2v) is 4.47. The number of thioether (sulfide) groups is 1. The van der Waals surface area contributed by atoms with Crippen LogP contribution in [-0.4, -0.2) is 48.5 Å². The number of hydrogen-bond acceptors (Lipinski definition) is 4. The van der Waals surface area contributed by atoms with Crippen LogP contribution in [0.1, 0.15) is 10.4 Å². The average Bonchev–Trinajstić information content (AvgIpc) is 2.57. The van der Waals surface area contributed by atoms with Gasteiger partial charge in [0, 0.05) is 25.2 Å². The van der Waals surface area contributed by atoms with Gasteiger partial charge in [-0.25, -0.2) is 0 Å². The Morgan fingerprint density at radius 2 is 2.44 bits per heavy atom. The average molecular weight is 233 g/mol. The molecule has 2 heterocycles. The molecule has 1 saturated heterocycles. The molecule has 1 aliphatic heterocycles. The SMILES string of the molecule is [B]c1ccc(C(=O)N2CCNCSC2)cn1. The molecule has 0 aliphatic carbocycles. The number of amides is 1. The first-order valence-electron chi connectivity index (χ1n) is 5.06. The predicted octanol–water partition coefficient (Wildman–Crippen LogP) is -0.431. The number of rotatable bonds is 1. The van der Waals surface area contributed by atoms with Crippen LogP contribution in [0.25, 0.3) is 0 Å². The first-order valence-corrected chi connectivity index (χ1v) is 6.22. The van der Waals surface area contributed by atoms with Gasteiger partial charge >= 0.3 is 0 Å². The van der Waals surface area contributed by atoms with Gasteiger partial charge in [-0.3, -0.25) is 9.78 Å². The molecule has 0 atom stereocenters. The van der Waals surface area contributed by atoms with E-state index in [1.165, 1.54) is 6.20 Å². The minimum Gasteiger partial charge on any atom is -0.328 e. The Morgan fingerprint density at radius 3 is 3.19 bits per heavy atom. The third kappa shape index (κ3) is 2.77. The Labute approximate surface area is 100 Å². The van der Waals surface area contributed by atoms with Gasteiger partial charge in [0.2, 0.25) is 0 Å². The van der Waals surface area contributed by atoms with E-state index in [2.05, 4.69) is 10.3 Å². The third-order valence-electron chi connectivity index (χ3n) is 2.33. The van der Waals surface area contributed by atoms with Crippen molar-refractivity contribution >= 4 is 31.1 Å². The van der Waals surface area contributed by atoms with Crippen LogP contribution in [0.4, 0.5) is 0 Å². The van der Waals surface area contributed by atoms with E-state index in [1.54, 1.807) is 23.9 Å². The molecule has 0 saturated carbocycles. The standard InChI is InChI=1S/C10H12BN3OS/c11-9-2-1-8(5-13-9)10(15)14-4-3-12-6-16-7-14/h1-2,5,12H,3-4,6-7H2. The maximum atomic E-state index is 12.1. The molecule has 4 nitrogen and oxygen atoms in total. The Morgan fingerprint density at radius 1 is 1.56 bits per heavy atom. The molecule has 2 radical (unpaired) electrons. The first-order chi connectivity index (χ1) is 7.77. The molecule has 1 aromatic rings. The summed E-state index contributed by atoms with van der Waals surface area (Å²) in [5.74, 6) is 1.63. The van der Waals surface area contributed by atoms with Gasteiger partial charge in [0.05, 0.1) is 11.4 Å². The zero-order chi connectivity index (χ0) is 11.4. The lowest BCUT2D eigenvalue weighted by atomic mass is 10.0. The highest BCUT2D eigenvalue weighted by atomic mass is 32.2. The Hall–Kier alpha value is -1.01. The smallest absolute Gasteiger partial charge is 0.256 e. The molecule has 0 aromatic carbocycles. The van der Waals surface area contributed by atoms with Crippen molar-refractivity contribution in [2.24, 2.45) is 0 Å². The van der Waals surface area contributed by atoms with Crippen molar-refractivity contribution in [2.45, 2.75) is 0 Å². The van der Waals surface area contributed by atoms with Crippen LogP contribution < -0.4 is 10.9 Å².